The molecule has 2 aromatic rings. The molecule has 24 heavy (non-hydrogen) atoms. The third-order valence-corrected chi connectivity index (χ3v) is 3.77. The van der Waals surface area contributed by atoms with Gasteiger partial charge in [0.25, 0.3) is 0 Å². The lowest BCUT2D eigenvalue weighted by Gasteiger charge is -2.13. The van der Waals surface area contributed by atoms with Gasteiger partial charge in [-0.15, -0.1) is 0 Å². The van der Waals surface area contributed by atoms with Crippen LogP contribution in [0.4, 0.5) is 0 Å². The predicted octanol–water partition coefficient (Wildman–Crippen LogP) is 3.47. The Morgan fingerprint density at radius 1 is 1.25 bits per heavy atom. The molecule has 0 saturated heterocycles. The monoisotopic (exact) mass is 330 g/mol. The zero-order valence-corrected chi connectivity index (χ0v) is 14.7. The van der Waals surface area contributed by atoms with Gasteiger partial charge in [-0.25, -0.2) is 4.79 Å². The Hall–Kier alpha value is -2.56. The summed E-state index contributed by atoms with van der Waals surface area (Å²) in [5.74, 6) is 0.152. The van der Waals surface area contributed by atoms with E-state index >= 15 is 0 Å². The lowest BCUT2D eigenvalue weighted by molar-refractivity contribution is -0.139. The van der Waals surface area contributed by atoms with Gasteiger partial charge in [-0.2, -0.15) is 0 Å². The third-order valence-electron chi connectivity index (χ3n) is 3.77. The average molecular weight is 330 g/mol. The number of benzene rings is 1. The van der Waals surface area contributed by atoms with Crippen molar-refractivity contribution in [2.45, 2.75) is 34.1 Å². The molecule has 2 rings (SSSR count). The molecule has 1 aromatic heterocycles. The Morgan fingerprint density at radius 2 is 1.96 bits per heavy atom. The Balaban J connectivity index is 2.60. The number of rotatable bonds is 5. The second kappa shape index (κ2) is 7.34. The molecule has 1 heterocycles. The summed E-state index contributed by atoms with van der Waals surface area (Å²) in [7, 11) is 1.29. The molecule has 128 valence electrons. The molecule has 0 radical (unpaired) electrons. The number of allylic oxidation sites excluding steroid dienone is 1. The van der Waals surface area contributed by atoms with E-state index < -0.39 is 11.6 Å². The molecule has 0 atom stereocenters. The van der Waals surface area contributed by atoms with E-state index in [1.54, 1.807) is 13.0 Å². The quantitative estimate of drug-likeness (QED) is 0.477. The summed E-state index contributed by atoms with van der Waals surface area (Å²) < 4.78 is 15.9. The smallest absolute Gasteiger partial charge is 0.340 e. The van der Waals surface area contributed by atoms with Gasteiger partial charge in [0.2, 0.25) is 0 Å². The molecule has 0 N–H and O–H groups in total. The zero-order chi connectivity index (χ0) is 17.9. The molecule has 0 aliphatic carbocycles. The molecule has 0 bridgehead atoms. The van der Waals surface area contributed by atoms with Crippen molar-refractivity contribution in [3.05, 3.63) is 50.9 Å². The fourth-order valence-electron chi connectivity index (χ4n) is 2.47. The lowest BCUT2D eigenvalue weighted by atomic mass is 10.0. The first kappa shape index (κ1) is 17.8. The van der Waals surface area contributed by atoms with Crippen molar-refractivity contribution < 1.29 is 18.7 Å². The number of carbonyl (C=O) groups is 1. The summed E-state index contributed by atoms with van der Waals surface area (Å²) >= 11 is 0. The maximum absolute atomic E-state index is 12.2. The minimum atomic E-state index is -0.522. The number of fused-ring (bicyclic) bond motifs is 1. The van der Waals surface area contributed by atoms with Crippen LogP contribution in [0.2, 0.25) is 0 Å². The van der Waals surface area contributed by atoms with Crippen LogP contribution >= 0.6 is 0 Å². The van der Waals surface area contributed by atoms with Gasteiger partial charge in [0.05, 0.1) is 24.5 Å². The molecule has 0 amide bonds. The van der Waals surface area contributed by atoms with E-state index in [1.165, 1.54) is 7.11 Å². The Morgan fingerprint density at radius 3 is 2.58 bits per heavy atom. The molecular formula is C19H22O5. The Labute approximate surface area is 140 Å². The number of aryl methyl sites for hydroxylation is 2. The van der Waals surface area contributed by atoms with Crippen molar-refractivity contribution >= 4 is 16.9 Å². The second-order valence-corrected chi connectivity index (χ2v) is 5.97. The number of hydrogen-bond donors (Lipinski definition) is 0. The number of methoxy groups -OCH3 is 1. The van der Waals surface area contributed by atoms with Gasteiger partial charge in [-0.1, -0.05) is 5.57 Å². The van der Waals surface area contributed by atoms with Crippen LogP contribution in [-0.4, -0.2) is 19.7 Å². The van der Waals surface area contributed by atoms with Gasteiger partial charge in [0.15, 0.2) is 0 Å². The van der Waals surface area contributed by atoms with Crippen LogP contribution in [0, 0.1) is 13.8 Å². The molecule has 0 aliphatic rings. The fraction of sp³-hybridized carbons (Fsp3) is 0.368. The van der Waals surface area contributed by atoms with Crippen molar-refractivity contribution in [1.82, 2.24) is 0 Å². The van der Waals surface area contributed by atoms with Crippen LogP contribution in [0.5, 0.6) is 5.75 Å². The van der Waals surface area contributed by atoms with Crippen molar-refractivity contribution in [3.63, 3.8) is 0 Å². The molecular weight excluding hydrogens is 308 g/mol. The highest BCUT2D eigenvalue weighted by Gasteiger charge is 2.18. The third kappa shape index (κ3) is 3.85. The fourth-order valence-corrected chi connectivity index (χ4v) is 2.47. The molecule has 5 nitrogen and oxygen atoms in total. The van der Waals surface area contributed by atoms with E-state index in [2.05, 4.69) is 4.74 Å². The zero-order valence-electron chi connectivity index (χ0n) is 14.7. The highest BCUT2D eigenvalue weighted by molar-refractivity contribution is 5.89. The number of ether oxygens (including phenoxy) is 2. The Bertz CT molecular complexity index is 854. The van der Waals surface area contributed by atoms with E-state index in [-0.39, 0.29) is 6.42 Å². The van der Waals surface area contributed by atoms with E-state index in [4.69, 9.17) is 9.15 Å². The maximum Gasteiger partial charge on any atom is 0.340 e. The summed E-state index contributed by atoms with van der Waals surface area (Å²) in [5.41, 5.74) is 2.99. The first-order valence-electron chi connectivity index (χ1n) is 7.73. The predicted molar refractivity (Wildman–Crippen MR) is 92.6 cm³/mol. The average Bonchev–Trinajstić information content (AvgIpc) is 2.50. The number of esters is 1. The first-order valence-corrected chi connectivity index (χ1v) is 7.73. The topological polar surface area (TPSA) is 65.7 Å². The van der Waals surface area contributed by atoms with Crippen molar-refractivity contribution in [1.29, 1.82) is 0 Å². The van der Waals surface area contributed by atoms with Gasteiger partial charge in [-0.3, -0.25) is 4.79 Å². The molecule has 1 aromatic carbocycles. The van der Waals surface area contributed by atoms with Crippen LogP contribution in [0.15, 0.2) is 33.0 Å². The van der Waals surface area contributed by atoms with Crippen molar-refractivity contribution in [2.24, 2.45) is 0 Å². The van der Waals surface area contributed by atoms with E-state index in [0.717, 1.165) is 11.1 Å². The maximum atomic E-state index is 12.2. The molecule has 0 unspecified atom stereocenters. The summed E-state index contributed by atoms with van der Waals surface area (Å²) in [6, 6.07) is 3.69. The van der Waals surface area contributed by atoms with E-state index in [9.17, 15) is 9.59 Å². The minimum absolute atomic E-state index is 0.123. The first-order chi connectivity index (χ1) is 11.3. The summed E-state index contributed by atoms with van der Waals surface area (Å²) in [4.78, 5) is 23.8. The molecule has 0 saturated carbocycles. The van der Waals surface area contributed by atoms with Crippen LogP contribution in [0.25, 0.3) is 11.0 Å². The van der Waals surface area contributed by atoms with Crippen LogP contribution in [-0.2, 0) is 16.0 Å². The van der Waals surface area contributed by atoms with Crippen LogP contribution < -0.4 is 10.4 Å². The van der Waals surface area contributed by atoms with Gasteiger partial charge < -0.3 is 13.9 Å². The minimum Gasteiger partial charge on any atom is -0.489 e. The van der Waals surface area contributed by atoms with E-state index in [0.29, 0.717) is 34.5 Å². The SMILES string of the molecule is COC(=O)Cc1c(C)c2c(OCC=C(C)C)cc(C)cc2oc1=O. The van der Waals surface area contributed by atoms with Crippen molar-refractivity contribution in [3.8, 4) is 5.75 Å². The normalized spacial score (nSPS) is 10.5. The summed E-state index contributed by atoms with van der Waals surface area (Å²) in [6.07, 6.45) is 1.85. The molecule has 0 spiro atoms. The van der Waals surface area contributed by atoms with Crippen molar-refractivity contribution in [2.75, 3.05) is 13.7 Å². The lowest BCUT2D eigenvalue weighted by Crippen LogP contribution is -2.16. The number of hydrogen-bond acceptors (Lipinski definition) is 5. The largest absolute Gasteiger partial charge is 0.489 e. The van der Waals surface area contributed by atoms with Gasteiger partial charge in [0, 0.05) is 0 Å². The molecule has 0 fully saturated rings. The van der Waals surface area contributed by atoms with Crippen LogP contribution in [0.1, 0.15) is 30.5 Å². The molecule has 0 aliphatic heterocycles. The number of carbonyl (C=O) groups excluding carboxylic acids is 1. The van der Waals surface area contributed by atoms with Gasteiger partial charge in [0.1, 0.15) is 17.9 Å². The summed E-state index contributed by atoms with van der Waals surface area (Å²) in [6.45, 7) is 8.12. The Kier molecular flexibility index (Phi) is 5.44. The van der Waals surface area contributed by atoms with Gasteiger partial charge in [-0.05, 0) is 57.0 Å². The standard InChI is InChI=1S/C19H22O5/c1-11(2)6-7-23-15-8-12(3)9-16-18(15)13(4)14(19(21)24-16)10-17(20)22-5/h6,8-9H,7,10H2,1-5H3. The second-order valence-electron chi connectivity index (χ2n) is 5.97. The van der Waals surface area contributed by atoms with Gasteiger partial charge >= 0.3 is 11.6 Å². The highest BCUT2D eigenvalue weighted by atomic mass is 16.5. The van der Waals surface area contributed by atoms with Crippen LogP contribution in [0.3, 0.4) is 0 Å². The highest BCUT2D eigenvalue weighted by Crippen LogP contribution is 2.31. The molecule has 5 heteroatoms. The summed E-state index contributed by atoms with van der Waals surface area (Å²) in [5, 5.41) is 0.709. The van der Waals surface area contributed by atoms with E-state index in [1.807, 2.05) is 32.9 Å².